The van der Waals surface area contributed by atoms with Crippen LogP contribution in [0, 0.1) is 5.92 Å². The van der Waals surface area contributed by atoms with Crippen molar-refractivity contribution in [2.24, 2.45) is 5.92 Å². The first kappa shape index (κ1) is 19.0. The smallest absolute Gasteiger partial charge is 0.276 e. The van der Waals surface area contributed by atoms with Crippen molar-refractivity contribution in [3.8, 4) is 5.75 Å². The maximum atomic E-state index is 13.2. The van der Waals surface area contributed by atoms with Gasteiger partial charge in [0.1, 0.15) is 5.75 Å². The normalized spacial score (nSPS) is 20.9. The molecule has 1 aliphatic heterocycles. The van der Waals surface area contributed by atoms with Crippen molar-refractivity contribution in [1.82, 2.24) is 19.9 Å². The number of aromatic nitrogens is 3. The SMILES string of the molecule is COc1cccc([C@H]2CCCCN2C(=O)c2cn(CC3CCCCC3)nn2)c1. The molecule has 1 amide bonds. The van der Waals surface area contributed by atoms with Crippen LogP contribution < -0.4 is 4.74 Å². The van der Waals surface area contributed by atoms with E-state index in [-0.39, 0.29) is 11.9 Å². The van der Waals surface area contributed by atoms with Crippen LogP contribution in [0.25, 0.3) is 0 Å². The van der Waals surface area contributed by atoms with Crippen LogP contribution in [0.4, 0.5) is 0 Å². The van der Waals surface area contributed by atoms with Crippen LogP contribution in [0.5, 0.6) is 5.75 Å². The van der Waals surface area contributed by atoms with Gasteiger partial charge >= 0.3 is 0 Å². The lowest BCUT2D eigenvalue weighted by Gasteiger charge is -2.35. The zero-order chi connectivity index (χ0) is 19.3. The van der Waals surface area contributed by atoms with Crippen molar-refractivity contribution in [2.75, 3.05) is 13.7 Å². The Morgan fingerprint density at radius 3 is 2.79 bits per heavy atom. The largest absolute Gasteiger partial charge is 0.497 e. The molecule has 2 aliphatic rings. The first-order chi connectivity index (χ1) is 13.7. The lowest BCUT2D eigenvalue weighted by molar-refractivity contribution is 0.0605. The third-order valence-electron chi connectivity index (χ3n) is 6.17. The fraction of sp³-hybridized carbons (Fsp3) is 0.591. The van der Waals surface area contributed by atoms with Crippen LogP contribution in [0.15, 0.2) is 30.5 Å². The summed E-state index contributed by atoms with van der Waals surface area (Å²) in [6.07, 6.45) is 11.4. The number of carbonyl (C=O) groups excluding carboxylic acids is 1. The molecular formula is C22H30N4O2. The second-order valence-electron chi connectivity index (χ2n) is 8.12. The van der Waals surface area contributed by atoms with Crippen molar-refractivity contribution < 1.29 is 9.53 Å². The highest BCUT2D eigenvalue weighted by atomic mass is 16.5. The predicted molar refractivity (Wildman–Crippen MR) is 107 cm³/mol. The molecule has 1 saturated carbocycles. The Morgan fingerprint density at radius 2 is 1.96 bits per heavy atom. The van der Waals surface area contributed by atoms with E-state index in [1.165, 1.54) is 32.1 Å². The summed E-state index contributed by atoms with van der Waals surface area (Å²) in [5.41, 5.74) is 1.59. The molecule has 1 aliphatic carbocycles. The molecule has 28 heavy (non-hydrogen) atoms. The minimum atomic E-state index is -0.0117. The lowest BCUT2D eigenvalue weighted by Crippen LogP contribution is -2.38. The molecule has 2 fully saturated rings. The van der Waals surface area contributed by atoms with Gasteiger partial charge < -0.3 is 9.64 Å². The van der Waals surface area contributed by atoms with Gasteiger partial charge in [-0.1, -0.05) is 36.6 Å². The molecule has 1 atom stereocenters. The Hall–Kier alpha value is -2.37. The zero-order valence-electron chi connectivity index (χ0n) is 16.7. The number of hydrogen-bond acceptors (Lipinski definition) is 4. The molecule has 6 nitrogen and oxygen atoms in total. The van der Waals surface area contributed by atoms with E-state index in [0.29, 0.717) is 11.6 Å². The number of amides is 1. The van der Waals surface area contributed by atoms with Gasteiger partial charge in [0.15, 0.2) is 5.69 Å². The van der Waals surface area contributed by atoms with Gasteiger partial charge in [0.25, 0.3) is 5.91 Å². The topological polar surface area (TPSA) is 60.2 Å². The number of carbonyl (C=O) groups is 1. The second-order valence-corrected chi connectivity index (χ2v) is 8.12. The van der Waals surface area contributed by atoms with Crippen molar-refractivity contribution in [3.05, 3.63) is 41.7 Å². The minimum absolute atomic E-state index is 0.0117. The Morgan fingerprint density at radius 1 is 1.14 bits per heavy atom. The average Bonchev–Trinajstić information content (AvgIpc) is 3.22. The van der Waals surface area contributed by atoms with E-state index in [2.05, 4.69) is 16.4 Å². The molecule has 0 N–H and O–H groups in total. The van der Waals surface area contributed by atoms with Crippen molar-refractivity contribution >= 4 is 5.91 Å². The molecule has 4 rings (SSSR count). The molecule has 2 aromatic rings. The fourth-order valence-corrected chi connectivity index (χ4v) is 4.64. The summed E-state index contributed by atoms with van der Waals surface area (Å²) in [6, 6.07) is 8.12. The molecule has 1 saturated heterocycles. The van der Waals surface area contributed by atoms with E-state index in [1.807, 2.05) is 34.0 Å². The van der Waals surface area contributed by atoms with Gasteiger partial charge in [-0.3, -0.25) is 9.48 Å². The zero-order valence-corrected chi connectivity index (χ0v) is 16.7. The third kappa shape index (κ3) is 4.21. The van der Waals surface area contributed by atoms with Gasteiger partial charge in [-0.2, -0.15) is 0 Å². The third-order valence-corrected chi connectivity index (χ3v) is 6.17. The predicted octanol–water partition coefficient (Wildman–Crippen LogP) is 4.23. The van der Waals surface area contributed by atoms with Gasteiger partial charge in [0.05, 0.1) is 19.3 Å². The number of hydrogen-bond donors (Lipinski definition) is 0. The average molecular weight is 383 g/mol. The quantitative estimate of drug-likeness (QED) is 0.776. The number of benzene rings is 1. The molecule has 0 bridgehead atoms. The minimum Gasteiger partial charge on any atom is -0.497 e. The number of piperidine rings is 1. The molecule has 1 aromatic heterocycles. The van der Waals surface area contributed by atoms with Crippen LogP contribution in [-0.2, 0) is 6.54 Å². The molecule has 0 unspecified atom stereocenters. The van der Waals surface area contributed by atoms with E-state index in [1.54, 1.807) is 7.11 Å². The summed E-state index contributed by atoms with van der Waals surface area (Å²) in [5, 5.41) is 8.47. The first-order valence-electron chi connectivity index (χ1n) is 10.6. The fourth-order valence-electron chi connectivity index (χ4n) is 4.64. The lowest BCUT2D eigenvalue weighted by atomic mass is 9.89. The monoisotopic (exact) mass is 382 g/mol. The van der Waals surface area contributed by atoms with Crippen LogP contribution in [-0.4, -0.2) is 39.5 Å². The van der Waals surface area contributed by atoms with Gasteiger partial charge in [-0.05, 0) is 55.7 Å². The van der Waals surface area contributed by atoms with Gasteiger partial charge in [0.2, 0.25) is 0 Å². The summed E-state index contributed by atoms with van der Waals surface area (Å²) < 4.78 is 7.24. The number of methoxy groups -OCH3 is 1. The van der Waals surface area contributed by atoms with Gasteiger partial charge in [-0.25, -0.2) is 0 Å². The summed E-state index contributed by atoms with van der Waals surface area (Å²) in [4.78, 5) is 15.2. The Bertz CT molecular complexity index is 797. The van der Waals surface area contributed by atoms with Crippen LogP contribution in [0.1, 0.15) is 73.5 Å². The highest BCUT2D eigenvalue weighted by Crippen LogP contribution is 2.33. The highest BCUT2D eigenvalue weighted by molar-refractivity contribution is 5.92. The molecule has 1 aromatic carbocycles. The van der Waals surface area contributed by atoms with Crippen molar-refractivity contribution in [2.45, 2.75) is 64.0 Å². The molecule has 0 spiro atoms. The summed E-state index contributed by atoms with van der Waals surface area (Å²) in [7, 11) is 1.67. The highest BCUT2D eigenvalue weighted by Gasteiger charge is 2.30. The number of nitrogens with zero attached hydrogens (tertiary/aromatic N) is 4. The number of ether oxygens (including phenoxy) is 1. The standard InChI is InChI=1S/C22H30N4O2/c1-28-19-11-7-10-18(14-19)21-12-5-6-13-26(21)22(27)20-16-25(24-23-20)15-17-8-3-2-4-9-17/h7,10-11,14,16-17,21H,2-6,8-9,12-13,15H2,1H3/t21-/m1/s1. The Balaban J connectivity index is 1.49. The summed E-state index contributed by atoms with van der Waals surface area (Å²) in [6.45, 7) is 1.63. The number of likely N-dealkylation sites (tertiary alicyclic amines) is 1. The summed E-state index contributed by atoms with van der Waals surface area (Å²) in [5.74, 6) is 1.48. The van der Waals surface area contributed by atoms with Crippen molar-refractivity contribution in [3.63, 3.8) is 0 Å². The van der Waals surface area contributed by atoms with E-state index in [0.717, 1.165) is 43.7 Å². The Labute approximate surface area is 166 Å². The van der Waals surface area contributed by atoms with Crippen LogP contribution >= 0.6 is 0 Å². The molecule has 150 valence electrons. The second kappa shape index (κ2) is 8.76. The molecule has 2 heterocycles. The van der Waals surface area contributed by atoms with E-state index in [4.69, 9.17) is 4.74 Å². The van der Waals surface area contributed by atoms with Crippen LogP contribution in [0.2, 0.25) is 0 Å². The molecule has 0 radical (unpaired) electrons. The molecule has 6 heteroatoms. The number of rotatable bonds is 5. The summed E-state index contributed by atoms with van der Waals surface area (Å²) >= 11 is 0. The van der Waals surface area contributed by atoms with Crippen molar-refractivity contribution in [1.29, 1.82) is 0 Å². The van der Waals surface area contributed by atoms with Gasteiger partial charge in [-0.15, -0.1) is 5.10 Å². The van der Waals surface area contributed by atoms with E-state index < -0.39 is 0 Å². The maximum absolute atomic E-state index is 13.2. The van der Waals surface area contributed by atoms with Gasteiger partial charge in [0, 0.05) is 13.1 Å². The molecular weight excluding hydrogens is 352 g/mol. The van der Waals surface area contributed by atoms with E-state index >= 15 is 0 Å². The van der Waals surface area contributed by atoms with E-state index in [9.17, 15) is 4.79 Å². The first-order valence-corrected chi connectivity index (χ1v) is 10.6. The van der Waals surface area contributed by atoms with Crippen LogP contribution in [0.3, 0.4) is 0 Å². The maximum Gasteiger partial charge on any atom is 0.276 e. The Kier molecular flexibility index (Phi) is 5.93.